The summed E-state index contributed by atoms with van der Waals surface area (Å²) in [5.41, 5.74) is 0. The number of aliphatic hydroxyl groups is 1. The van der Waals surface area contributed by atoms with Gasteiger partial charge >= 0.3 is 0 Å². The summed E-state index contributed by atoms with van der Waals surface area (Å²) in [7, 11) is 0. The number of aldehydes is 1. The number of rotatable bonds is 2. The topological polar surface area (TPSA) is 72.8 Å². The lowest BCUT2D eigenvalue weighted by molar-refractivity contribution is -0.187. The van der Waals surface area contributed by atoms with E-state index in [0.717, 1.165) is 57.7 Å². The van der Waals surface area contributed by atoms with Gasteiger partial charge in [-0.2, -0.15) is 0 Å². The number of ketones is 1. The molecule has 0 aromatic heterocycles. The van der Waals surface area contributed by atoms with Crippen LogP contribution in [0.3, 0.4) is 0 Å². The maximum atomic E-state index is 11.1. The predicted molar refractivity (Wildman–Crippen MR) is 83.7 cm³/mol. The van der Waals surface area contributed by atoms with Crippen molar-refractivity contribution >= 4 is 12.1 Å². The van der Waals surface area contributed by atoms with Crippen molar-refractivity contribution < 1.29 is 24.2 Å². The van der Waals surface area contributed by atoms with Gasteiger partial charge in [-0.1, -0.05) is 0 Å². The standard InChI is InChI=1S/C10H16O3.C8H12O2/c11-5-3-9-2-1-4-10(8-9)12-6-7-13-10;9-7-3-5-1-2-6(7)8(10)4-5/h5,9H,1-4,6-8H2;5-7,9H,1-4H2. The molecule has 23 heavy (non-hydrogen) atoms. The van der Waals surface area contributed by atoms with E-state index in [-0.39, 0.29) is 17.8 Å². The summed E-state index contributed by atoms with van der Waals surface area (Å²) < 4.78 is 11.2. The van der Waals surface area contributed by atoms with E-state index in [1.165, 1.54) is 0 Å². The molecular weight excluding hydrogens is 296 g/mol. The second-order valence-electron chi connectivity index (χ2n) is 7.50. The molecule has 5 nitrogen and oxygen atoms in total. The maximum absolute atomic E-state index is 11.1. The van der Waals surface area contributed by atoms with Gasteiger partial charge in [0.1, 0.15) is 12.1 Å². The third kappa shape index (κ3) is 4.01. The van der Waals surface area contributed by atoms with E-state index in [9.17, 15) is 14.7 Å². The molecule has 4 aliphatic carbocycles. The number of carbonyl (C=O) groups is 2. The van der Waals surface area contributed by atoms with Crippen LogP contribution in [0, 0.1) is 17.8 Å². The van der Waals surface area contributed by atoms with Gasteiger partial charge in [-0.25, -0.2) is 0 Å². The van der Waals surface area contributed by atoms with Gasteiger partial charge in [-0.15, -0.1) is 0 Å². The Labute approximate surface area is 137 Å². The molecule has 5 rings (SSSR count). The third-order valence-corrected chi connectivity index (χ3v) is 5.84. The second-order valence-corrected chi connectivity index (χ2v) is 7.50. The van der Waals surface area contributed by atoms with E-state index >= 15 is 0 Å². The van der Waals surface area contributed by atoms with Crippen LogP contribution in [0.15, 0.2) is 0 Å². The Morgan fingerprint density at radius 3 is 2.57 bits per heavy atom. The number of carbonyl (C=O) groups excluding carboxylic acids is 2. The van der Waals surface area contributed by atoms with Crippen LogP contribution < -0.4 is 0 Å². The van der Waals surface area contributed by atoms with E-state index in [1.54, 1.807) is 0 Å². The summed E-state index contributed by atoms with van der Waals surface area (Å²) in [5, 5.41) is 9.35. The van der Waals surface area contributed by atoms with Gasteiger partial charge in [0.25, 0.3) is 0 Å². The van der Waals surface area contributed by atoms with Crippen molar-refractivity contribution in [3.63, 3.8) is 0 Å². The first-order valence-corrected chi connectivity index (χ1v) is 9.04. The SMILES string of the molecule is O=C1CC2CCC1C(O)C2.O=CCC1CCCC2(C1)OCCO2. The molecule has 0 amide bonds. The summed E-state index contributed by atoms with van der Waals surface area (Å²) >= 11 is 0. The third-order valence-electron chi connectivity index (χ3n) is 5.84. The largest absolute Gasteiger partial charge is 0.392 e. The average Bonchev–Trinajstić information content (AvgIpc) is 2.96. The van der Waals surface area contributed by atoms with E-state index < -0.39 is 0 Å². The highest BCUT2D eigenvalue weighted by molar-refractivity contribution is 5.83. The minimum Gasteiger partial charge on any atom is -0.392 e. The van der Waals surface area contributed by atoms with E-state index in [2.05, 4.69) is 0 Å². The Balaban J connectivity index is 0.000000140. The Bertz CT molecular complexity index is 429. The van der Waals surface area contributed by atoms with E-state index in [0.29, 0.717) is 37.3 Å². The Hall–Kier alpha value is -0.780. The number of ether oxygens (including phenoxy) is 2. The fourth-order valence-electron chi connectivity index (χ4n) is 4.63. The summed E-state index contributed by atoms with van der Waals surface area (Å²) in [6.07, 6.45) is 9.25. The smallest absolute Gasteiger partial charge is 0.168 e. The zero-order chi connectivity index (χ0) is 16.3. The quantitative estimate of drug-likeness (QED) is 0.789. The maximum Gasteiger partial charge on any atom is 0.168 e. The van der Waals surface area contributed by atoms with Crippen molar-refractivity contribution in [2.75, 3.05) is 13.2 Å². The molecule has 130 valence electrons. The van der Waals surface area contributed by atoms with Gasteiger partial charge < -0.3 is 19.4 Å². The van der Waals surface area contributed by atoms with Gasteiger partial charge in [0.2, 0.25) is 0 Å². The molecule has 1 spiro atoms. The Morgan fingerprint density at radius 1 is 1.22 bits per heavy atom. The number of hydrogen-bond acceptors (Lipinski definition) is 5. The second kappa shape index (κ2) is 7.41. The van der Waals surface area contributed by atoms with Crippen LogP contribution in [0.2, 0.25) is 0 Å². The van der Waals surface area contributed by atoms with Crippen LogP contribution in [0.5, 0.6) is 0 Å². The van der Waals surface area contributed by atoms with Gasteiger partial charge in [-0.3, -0.25) is 4.79 Å². The molecule has 0 aromatic rings. The molecule has 1 N–H and O–H groups in total. The summed E-state index contributed by atoms with van der Waals surface area (Å²) in [6.45, 7) is 1.43. The van der Waals surface area contributed by atoms with Crippen LogP contribution in [0.4, 0.5) is 0 Å². The lowest BCUT2D eigenvalue weighted by Gasteiger charge is -2.38. The first kappa shape index (κ1) is 17.1. The summed E-state index contributed by atoms with van der Waals surface area (Å²) in [6, 6.07) is 0. The molecule has 0 radical (unpaired) electrons. The summed E-state index contributed by atoms with van der Waals surface area (Å²) in [5.74, 6) is 0.975. The van der Waals surface area contributed by atoms with Crippen molar-refractivity contribution in [3.05, 3.63) is 0 Å². The lowest BCUT2D eigenvalue weighted by atomic mass is 9.68. The molecule has 0 aromatic carbocycles. The van der Waals surface area contributed by atoms with Crippen molar-refractivity contribution in [2.45, 2.75) is 69.7 Å². The van der Waals surface area contributed by atoms with Crippen molar-refractivity contribution in [3.8, 4) is 0 Å². The molecule has 5 aliphatic rings. The number of Topliss-reactive ketones (excluding diaryl/α,β-unsaturated/α-hetero) is 1. The van der Waals surface area contributed by atoms with Gasteiger partial charge in [0.15, 0.2) is 5.79 Å². The zero-order valence-electron chi connectivity index (χ0n) is 13.7. The molecule has 1 aliphatic heterocycles. The highest BCUT2D eigenvalue weighted by atomic mass is 16.7. The first-order chi connectivity index (χ1) is 11.1. The number of aliphatic hydroxyl groups excluding tert-OH is 1. The van der Waals surface area contributed by atoms with Gasteiger partial charge in [-0.05, 0) is 43.9 Å². The molecule has 5 heteroatoms. The average molecular weight is 324 g/mol. The monoisotopic (exact) mass is 324 g/mol. The van der Waals surface area contributed by atoms with Crippen molar-refractivity contribution in [1.82, 2.24) is 0 Å². The molecule has 4 saturated carbocycles. The van der Waals surface area contributed by atoms with Crippen LogP contribution in [-0.4, -0.2) is 42.3 Å². The van der Waals surface area contributed by atoms with Crippen LogP contribution >= 0.6 is 0 Å². The summed E-state index contributed by atoms with van der Waals surface area (Å²) in [4.78, 5) is 21.5. The molecule has 2 bridgehead atoms. The normalized spacial score (nSPS) is 38.2. The molecule has 1 heterocycles. The lowest BCUT2D eigenvalue weighted by Crippen LogP contribution is -2.41. The van der Waals surface area contributed by atoms with Crippen molar-refractivity contribution in [2.24, 2.45) is 17.8 Å². The van der Waals surface area contributed by atoms with Crippen LogP contribution in [-0.2, 0) is 19.1 Å². The molecular formula is C18H28O5. The fourth-order valence-corrected chi connectivity index (χ4v) is 4.63. The van der Waals surface area contributed by atoms with Crippen molar-refractivity contribution in [1.29, 1.82) is 0 Å². The fraction of sp³-hybridized carbons (Fsp3) is 0.889. The van der Waals surface area contributed by atoms with Gasteiger partial charge in [0, 0.05) is 31.6 Å². The van der Waals surface area contributed by atoms with E-state index in [1.807, 2.05) is 0 Å². The molecule has 4 unspecified atom stereocenters. The zero-order valence-corrected chi connectivity index (χ0v) is 13.7. The minimum atomic E-state index is -0.314. The number of hydrogen-bond donors (Lipinski definition) is 1. The Kier molecular flexibility index (Phi) is 5.49. The highest BCUT2D eigenvalue weighted by Crippen LogP contribution is 2.40. The predicted octanol–water partition coefficient (Wildman–Crippen LogP) is 2.25. The molecule has 1 saturated heterocycles. The first-order valence-electron chi connectivity index (χ1n) is 9.04. The minimum absolute atomic E-state index is 0.00463. The molecule has 5 fully saturated rings. The van der Waals surface area contributed by atoms with Crippen LogP contribution in [0.1, 0.15) is 57.8 Å². The highest BCUT2D eigenvalue weighted by Gasteiger charge is 2.41. The van der Waals surface area contributed by atoms with Gasteiger partial charge in [0.05, 0.1) is 19.3 Å². The Morgan fingerprint density at radius 2 is 2.00 bits per heavy atom. The number of fused-ring (bicyclic) bond motifs is 3. The van der Waals surface area contributed by atoms with E-state index in [4.69, 9.17) is 9.47 Å². The molecule has 4 atom stereocenters. The van der Waals surface area contributed by atoms with Crippen LogP contribution in [0.25, 0.3) is 0 Å².